The molecule has 10 heteroatoms. The lowest BCUT2D eigenvalue weighted by Crippen LogP contribution is -2.58. The molecule has 9 nitrogen and oxygen atoms in total. The number of halogens is 1. The third kappa shape index (κ3) is 10.9. The van der Waals surface area contributed by atoms with Crippen LogP contribution in [-0.2, 0) is 50.1 Å². The lowest BCUT2D eigenvalue weighted by atomic mass is 9.89. The molecule has 2 heterocycles. The van der Waals surface area contributed by atoms with Gasteiger partial charge in [0.1, 0.15) is 36.6 Å². The van der Waals surface area contributed by atoms with E-state index in [1.54, 1.807) is 18.2 Å². The Balaban J connectivity index is 1.27. The van der Waals surface area contributed by atoms with Crippen molar-refractivity contribution in [3.8, 4) is 5.88 Å². The summed E-state index contributed by atoms with van der Waals surface area (Å²) in [4.78, 5) is 0. The van der Waals surface area contributed by atoms with Crippen molar-refractivity contribution in [3.05, 3.63) is 196 Å². The summed E-state index contributed by atoms with van der Waals surface area (Å²) in [6, 6.07) is 49.0. The van der Waals surface area contributed by atoms with Crippen LogP contribution < -0.4 is 4.74 Å². The maximum absolute atomic E-state index is 11.6. The van der Waals surface area contributed by atoms with Crippen LogP contribution in [0.4, 0.5) is 0 Å². The summed E-state index contributed by atoms with van der Waals surface area (Å²) in [6.07, 6.45) is -4.34. The van der Waals surface area contributed by atoms with Gasteiger partial charge in [-0.15, -0.1) is 10.2 Å². The minimum atomic E-state index is -1.18. The molecule has 7 rings (SSSR count). The average molecular weight is 787 g/mol. The van der Waals surface area contributed by atoms with Crippen molar-refractivity contribution in [2.75, 3.05) is 13.2 Å². The number of nitrogens with zero attached hydrogens (tertiary/aromatic N) is 2. The highest BCUT2D eigenvalue weighted by molar-refractivity contribution is 6.31. The van der Waals surface area contributed by atoms with Crippen molar-refractivity contribution in [1.29, 1.82) is 0 Å². The van der Waals surface area contributed by atoms with Crippen LogP contribution in [0.15, 0.2) is 152 Å². The van der Waals surface area contributed by atoms with Gasteiger partial charge in [-0.2, -0.15) is 0 Å². The van der Waals surface area contributed by atoms with E-state index in [4.69, 9.17) is 40.0 Å². The van der Waals surface area contributed by atoms with Gasteiger partial charge in [0, 0.05) is 16.7 Å². The van der Waals surface area contributed by atoms with E-state index in [1.807, 2.05) is 140 Å². The fraction of sp³-hybridized carbons (Fsp3) is 0.277. The summed E-state index contributed by atoms with van der Waals surface area (Å²) in [5, 5.41) is 20.3. The maximum Gasteiger partial charge on any atom is 0.233 e. The monoisotopic (exact) mass is 786 g/mol. The number of rotatable bonds is 18. The Morgan fingerprint density at radius 2 is 1.14 bits per heavy atom. The van der Waals surface area contributed by atoms with Crippen LogP contribution >= 0.6 is 11.6 Å². The molecule has 294 valence electrons. The van der Waals surface area contributed by atoms with E-state index in [2.05, 4.69) is 10.2 Å². The highest BCUT2D eigenvalue weighted by Gasteiger charge is 2.49. The molecule has 0 radical (unpaired) electrons. The van der Waals surface area contributed by atoms with Crippen molar-refractivity contribution in [2.45, 2.75) is 70.0 Å². The van der Waals surface area contributed by atoms with Crippen LogP contribution in [0.25, 0.3) is 0 Å². The van der Waals surface area contributed by atoms with Crippen LogP contribution in [-0.4, -0.2) is 52.9 Å². The van der Waals surface area contributed by atoms with E-state index in [9.17, 15) is 5.11 Å². The molecule has 2 unspecified atom stereocenters. The Kier molecular flexibility index (Phi) is 14.4. The summed E-state index contributed by atoms with van der Waals surface area (Å²) in [5.41, 5.74) is 5.56. The Bertz CT molecular complexity index is 2080. The lowest BCUT2D eigenvalue weighted by molar-refractivity contribution is -0.275. The second-order valence-corrected chi connectivity index (χ2v) is 14.2. The highest BCUT2D eigenvalue weighted by Crippen LogP contribution is 2.41. The summed E-state index contributed by atoms with van der Waals surface area (Å²) >= 11 is 6.79. The fourth-order valence-electron chi connectivity index (χ4n) is 6.87. The molecule has 1 saturated heterocycles. The van der Waals surface area contributed by atoms with Gasteiger partial charge >= 0.3 is 0 Å². The quantitative estimate of drug-likeness (QED) is 0.0915. The number of ether oxygens (including phenoxy) is 6. The van der Waals surface area contributed by atoms with E-state index in [1.165, 1.54) is 0 Å². The van der Waals surface area contributed by atoms with Gasteiger partial charge < -0.3 is 33.5 Å². The third-order valence-electron chi connectivity index (χ3n) is 9.76. The molecule has 0 bridgehead atoms. The molecule has 6 atom stereocenters. The standard InChI is InChI=1S/C47H47ClN2O7/c1-2-53-42-26-25-40(49-50-42)43(51)38-27-37(23-24-39(38)48)44-46(55-30-35-19-11-5-12-20-35)47(56-31-36-21-13-6-14-22-36)45(54-29-34-17-9-4-10-18-34)41(57-44)32-52-28-33-15-7-3-8-16-33/h3-27,41,43-47,51H,2,28-32H2,1H3/t41-,43?,44?,45-,46+,47+/m1/s1. The van der Waals surface area contributed by atoms with Gasteiger partial charge in [0.05, 0.1) is 45.3 Å². The van der Waals surface area contributed by atoms with E-state index in [0.29, 0.717) is 55.2 Å². The number of aliphatic hydroxyl groups is 1. The highest BCUT2D eigenvalue weighted by atomic mass is 35.5. The fourth-order valence-corrected chi connectivity index (χ4v) is 7.09. The smallest absolute Gasteiger partial charge is 0.233 e. The second-order valence-electron chi connectivity index (χ2n) is 13.8. The van der Waals surface area contributed by atoms with E-state index >= 15 is 0 Å². The lowest BCUT2D eigenvalue weighted by Gasteiger charge is -2.46. The number of aliphatic hydroxyl groups excluding tert-OH is 1. The van der Waals surface area contributed by atoms with Crippen molar-refractivity contribution in [3.63, 3.8) is 0 Å². The summed E-state index contributed by atoms with van der Waals surface area (Å²) in [5.74, 6) is 0.369. The zero-order valence-corrected chi connectivity index (χ0v) is 32.6. The normalized spacial score (nSPS) is 19.9. The first-order valence-electron chi connectivity index (χ1n) is 19.2. The molecular formula is C47H47ClN2O7. The Morgan fingerprint density at radius 3 is 1.67 bits per heavy atom. The van der Waals surface area contributed by atoms with Crippen LogP contribution in [0.5, 0.6) is 5.88 Å². The molecule has 0 spiro atoms. The Hall–Kier alpha value is -4.97. The first kappa shape index (κ1) is 40.2. The number of aromatic nitrogens is 2. The van der Waals surface area contributed by atoms with Gasteiger partial charge in [0.25, 0.3) is 0 Å². The predicted molar refractivity (Wildman–Crippen MR) is 217 cm³/mol. The molecule has 1 N–H and O–H groups in total. The van der Waals surface area contributed by atoms with E-state index < -0.39 is 36.6 Å². The van der Waals surface area contributed by atoms with Gasteiger partial charge in [0.2, 0.25) is 5.88 Å². The summed E-state index contributed by atoms with van der Waals surface area (Å²) in [7, 11) is 0. The Morgan fingerprint density at radius 1 is 0.614 bits per heavy atom. The van der Waals surface area contributed by atoms with Crippen LogP contribution in [0.2, 0.25) is 5.02 Å². The van der Waals surface area contributed by atoms with Gasteiger partial charge in [-0.25, -0.2) is 0 Å². The first-order valence-corrected chi connectivity index (χ1v) is 19.6. The van der Waals surface area contributed by atoms with Crippen LogP contribution in [0.3, 0.4) is 0 Å². The van der Waals surface area contributed by atoms with Crippen molar-refractivity contribution in [2.24, 2.45) is 0 Å². The molecular weight excluding hydrogens is 740 g/mol. The largest absolute Gasteiger partial charge is 0.477 e. The molecule has 1 aromatic heterocycles. The molecule has 0 saturated carbocycles. The van der Waals surface area contributed by atoms with Crippen molar-refractivity contribution < 1.29 is 33.5 Å². The zero-order chi connectivity index (χ0) is 39.2. The second kappa shape index (κ2) is 20.5. The SMILES string of the molecule is CCOc1ccc(C(O)c2cc(C3O[C@H](COCc4ccccc4)[C@@H](OCc4ccccc4)[C@H](OCc4ccccc4)[C@H]3OCc3ccccc3)ccc2Cl)nn1. The molecule has 1 aliphatic heterocycles. The predicted octanol–water partition coefficient (Wildman–Crippen LogP) is 9.02. The molecule has 5 aromatic carbocycles. The summed E-state index contributed by atoms with van der Waals surface area (Å²) in [6.45, 7) is 3.86. The Labute approximate surface area is 339 Å². The molecule has 1 aliphatic rings. The van der Waals surface area contributed by atoms with Gasteiger partial charge in [-0.3, -0.25) is 0 Å². The third-order valence-corrected chi connectivity index (χ3v) is 10.1. The topological polar surface area (TPSA) is 101 Å². The molecule has 6 aromatic rings. The molecule has 57 heavy (non-hydrogen) atoms. The number of benzene rings is 5. The van der Waals surface area contributed by atoms with Gasteiger partial charge in [0.15, 0.2) is 0 Å². The van der Waals surface area contributed by atoms with E-state index in [-0.39, 0.29) is 6.61 Å². The molecule has 1 fully saturated rings. The zero-order valence-electron chi connectivity index (χ0n) is 31.8. The van der Waals surface area contributed by atoms with Gasteiger partial charge in [-0.05, 0) is 52.9 Å². The van der Waals surface area contributed by atoms with Crippen LogP contribution in [0.1, 0.15) is 58.2 Å². The average Bonchev–Trinajstić information content (AvgIpc) is 3.26. The maximum atomic E-state index is 11.6. The minimum absolute atomic E-state index is 0.215. The molecule has 0 aliphatic carbocycles. The van der Waals surface area contributed by atoms with Gasteiger partial charge in [-0.1, -0.05) is 139 Å². The number of hydrogen-bond donors (Lipinski definition) is 1. The van der Waals surface area contributed by atoms with Crippen molar-refractivity contribution >= 4 is 11.6 Å². The van der Waals surface area contributed by atoms with Crippen LogP contribution in [0, 0.1) is 0 Å². The number of hydrogen-bond acceptors (Lipinski definition) is 9. The van der Waals surface area contributed by atoms with E-state index in [0.717, 1.165) is 27.8 Å². The van der Waals surface area contributed by atoms with Crippen molar-refractivity contribution in [1.82, 2.24) is 10.2 Å². The minimum Gasteiger partial charge on any atom is -0.477 e. The summed E-state index contributed by atoms with van der Waals surface area (Å²) < 4.78 is 39.6. The molecule has 0 amide bonds. The first-order chi connectivity index (χ1) is 28.1.